The largest absolute Gasteiger partial charge is 0.493 e. The molecule has 2 aromatic carbocycles. The highest BCUT2D eigenvalue weighted by molar-refractivity contribution is 6.41. The van der Waals surface area contributed by atoms with E-state index in [1.54, 1.807) is 30.7 Å². The van der Waals surface area contributed by atoms with Gasteiger partial charge in [0, 0.05) is 27.8 Å². The maximum absolute atomic E-state index is 13.7. The maximum Gasteiger partial charge on any atom is 0.231 e. The van der Waals surface area contributed by atoms with Crippen molar-refractivity contribution in [2.75, 3.05) is 21.0 Å². The highest BCUT2D eigenvalue weighted by Gasteiger charge is 2.37. The van der Waals surface area contributed by atoms with Crippen LogP contribution in [0.25, 0.3) is 22.4 Å². The summed E-state index contributed by atoms with van der Waals surface area (Å²) in [6, 6.07) is 4.98. The van der Waals surface area contributed by atoms with E-state index in [4.69, 9.17) is 18.9 Å². The van der Waals surface area contributed by atoms with Crippen molar-refractivity contribution in [1.29, 1.82) is 0 Å². The van der Waals surface area contributed by atoms with Gasteiger partial charge in [0.2, 0.25) is 6.79 Å². The van der Waals surface area contributed by atoms with Crippen LogP contribution in [0.3, 0.4) is 0 Å². The van der Waals surface area contributed by atoms with Crippen molar-refractivity contribution in [3.05, 3.63) is 53.0 Å². The number of aromatic amines is 1. The van der Waals surface area contributed by atoms with E-state index in [0.29, 0.717) is 56.5 Å². The number of methoxy groups -OCH3 is 2. The number of Topliss-reactive ketones (excluding diaryl/α,β-unsaturated/α-hetero) is 2. The number of imidazole rings is 1. The molecule has 8 heteroatoms. The molecule has 0 atom stereocenters. The van der Waals surface area contributed by atoms with Crippen molar-refractivity contribution in [1.82, 2.24) is 9.97 Å². The first-order valence-electron chi connectivity index (χ1n) is 9.94. The first-order valence-corrected chi connectivity index (χ1v) is 9.94. The molecule has 0 saturated carbocycles. The molecular formula is C24H20N2O6. The molecule has 2 aliphatic rings. The fourth-order valence-corrected chi connectivity index (χ4v) is 4.39. The Kier molecular flexibility index (Phi) is 4.51. The molecule has 0 amide bonds. The van der Waals surface area contributed by atoms with E-state index in [2.05, 4.69) is 9.97 Å². The molecule has 1 N–H and O–H groups in total. The molecule has 0 fully saturated rings. The van der Waals surface area contributed by atoms with Gasteiger partial charge in [0.05, 0.1) is 38.0 Å². The average molecular weight is 432 g/mol. The van der Waals surface area contributed by atoms with Crippen LogP contribution in [0.1, 0.15) is 45.7 Å². The van der Waals surface area contributed by atoms with Gasteiger partial charge < -0.3 is 23.9 Å². The molecule has 0 bridgehead atoms. The second kappa shape index (κ2) is 7.26. The van der Waals surface area contributed by atoms with Crippen LogP contribution >= 0.6 is 0 Å². The van der Waals surface area contributed by atoms with Gasteiger partial charge in [-0.15, -0.1) is 0 Å². The second-order valence-electron chi connectivity index (χ2n) is 7.51. The van der Waals surface area contributed by atoms with E-state index in [1.807, 2.05) is 6.92 Å². The summed E-state index contributed by atoms with van der Waals surface area (Å²) in [7, 11) is 3.01. The van der Waals surface area contributed by atoms with E-state index >= 15 is 0 Å². The number of hydrogen-bond acceptors (Lipinski definition) is 7. The minimum absolute atomic E-state index is 0.0767. The fraction of sp³-hybridized carbons (Fsp3) is 0.208. The SMILES string of the molecule is COc1cc(C(C)=O)c(C2=C(C)c3c(cc4c(c3-c3cnc[nH]3)OCO4)C2=O)cc1OC. The molecule has 3 aromatic rings. The van der Waals surface area contributed by atoms with Crippen molar-refractivity contribution in [2.24, 2.45) is 0 Å². The molecule has 8 nitrogen and oxygen atoms in total. The Labute approximate surface area is 183 Å². The summed E-state index contributed by atoms with van der Waals surface area (Å²) in [6.45, 7) is 3.40. The van der Waals surface area contributed by atoms with Crippen molar-refractivity contribution in [2.45, 2.75) is 13.8 Å². The van der Waals surface area contributed by atoms with Crippen molar-refractivity contribution in [3.63, 3.8) is 0 Å². The minimum Gasteiger partial charge on any atom is -0.493 e. The van der Waals surface area contributed by atoms with Crippen molar-refractivity contribution < 1.29 is 28.5 Å². The zero-order chi connectivity index (χ0) is 22.6. The average Bonchev–Trinajstić information content (AvgIpc) is 3.52. The lowest BCUT2D eigenvalue weighted by molar-refractivity contribution is 0.101. The van der Waals surface area contributed by atoms with Gasteiger partial charge in [-0.3, -0.25) is 9.59 Å². The summed E-state index contributed by atoms with van der Waals surface area (Å²) in [6.07, 6.45) is 3.24. The van der Waals surface area contributed by atoms with Gasteiger partial charge in [0.1, 0.15) is 0 Å². The molecule has 1 aliphatic carbocycles. The predicted molar refractivity (Wildman–Crippen MR) is 117 cm³/mol. The van der Waals surface area contributed by atoms with E-state index < -0.39 is 0 Å². The van der Waals surface area contributed by atoms with E-state index in [9.17, 15) is 9.59 Å². The number of rotatable bonds is 5. The lowest BCUT2D eigenvalue weighted by atomic mass is 9.92. The number of benzene rings is 2. The standard InChI is InChI=1S/C24H20N2O6/c1-11-20-15(7-19-24(32-10-31-19)22(20)16-8-25-9-26-16)23(28)21(11)14-6-18(30-4)17(29-3)5-13(14)12(2)27/h5-9H,10H2,1-4H3,(H,25,26). The third kappa shape index (κ3) is 2.72. The Bertz CT molecular complexity index is 1320. The van der Waals surface area contributed by atoms with E-state index in [-0.39, 0.29) is 18.4 Å². The zero-order valence-electron chi connectivity index (χ0n) is 18.0. The van der Waals surface area contributed by atoms with Gasteiger partial charge in [-0.05, 0) is 37.6 Å². The quantitative estimate of drug-likeness (QED) is 0.605. The number of carbonyl (C=O) groups is 2. The number of fused-ring (bicyclic) bond motifs is 2. The van der Waals surface area contributed by atoms with Crippen LogP contribution < -0.4 is 18.9 Å². The van der Waals surface area contributed by atoms with Gasteiger partial charge >= 0.3 is 0 Å². The van der Waals surface area contributed by atoms with Gasteiger partial charge in [-0.1, -0.05) is 0 Å². The maximum atomic E-state index is 13.7. The summed E-state index contributed by atoms with van der Waals surface area (Å²) in [5.74, 6) is 1.51. The third-order valence-corrected chi connectivity index (χ3v) is 5.82. The summed E-state index contributed by atoms with van der Waals surface area (Å²) < 4.78 is 22.1. The smallest absolute Gasteiger partial charge is 0.231 e. The Morgan fingerprint density at radius 2 is 1.81 bits per heavy atom. The van der Waals surface area contributed by atoms with Crippen LogP contribution in [0.2, 0.25) is 0 Å². The Morgan fingerprint density at radius 1 is 1.06 bits per heavy atom. The normalized spacial score (nSPS) is 14.1. The van der Waals surface area contributed by atoms with Gasteiger partial charge in [-0.25, -0.2) is 4.98 Å². The molecule has 0 spiro atoms. The van der Waals surface area contributed by atoms with Crippen LogP contribution in [0.15, 0.2) is 30.7 Å². The predicted octanol–water partition coefficient (Wildman–Crippen LogP) is 4.15. The molecule has 5 rings (SSSR count). The van der Waals surface area contributed by atoms with Crippen LogP contribution in [0, 0.1) is 0 Å². The highest BCUT2D eigenvalue weighted by Crippen LogP contribution is 2.52. The molecular weight excluding hydrogens is 412 g/mol. The van der Waals surface area contributed by atoms with Gasteiger partial charge in [0.15, 0.2) is 34.6 Å². The Balaban J connectivity index is 1.81. The summed E-state index contributed by atoms with van der Waals surface area (Å²) in [4.78, 5) is 33.4. The number of ether oxygens (including phenoxy) is 4. The molecule has 162 valence electrons. The van der Waals surface area contributed by atoms with Crippen molar-refractivity contribution in [3.8, 4) is 34.3 Å². The Hall–Kier alpha value is -4.07. The summed E-state index contributed by atoms with van der Waals surface area (Å²) in [5, 5.41) is 0. The first-order chi connectivity index (χ1) is 15.5. The summed E-state index contributed by atoms with van der Waals surface area (Å²) in [5.41, 5.74) is 4.64. The molecule has 1 aliphatic heterocycles. The van der Waals surface area contributed by atoms with Crippen LogP contribution in [0.4, 0.5) is 0 Å². The Morgan fingerprint density at radius 3 is 2.47 bits per heavy atom. The highest BCUT2D eigenvalue weighted by atomic mass is 16.7. The van der Waals surface area contributed by atoms with Crippen LogP contribution in [-0.2, 0) is 0 Å². The number of nitrogens with one attached hydrogen (secondary N) is 1. The number of nitrogens with zero attached hydrogens (tertiary/aromatic N) is 1. The molecule has 0 radical (unpaired) electrons. The van der Waals surface area contributed by atoms with Crippen molar-refractivity contribution >= 4 is 22.7 Å². The van der Waals surface area contributed by atoms with E-state index in [0.717, 1.165) is 11.1 Å². The van der Waals surface area contributed by atoms with Crippen LogP contribution in [-0.4, -0.2) is 42.5 Å². The van der Waals surface area contributed by atoms with E-state index in [1.165, 1.54) is 21.1 Å². The second-order valence-corrected chi connectivity index (χ2v) is 7.51. The molecule has 0 unspecified atom stereocenters. The van der Waals surface area contributed by atoms with Gasteiger partial charge in [0.25, 0.3) is 0 Å². The lowest BCUT2D eigenvalue weighted by Crippen LogP contribution is -2.06. The molecule has 32 heavy (non-hydrogen) atoms. The fourth-order valence-electron chi connectivity index (χ4n) is 4.39. The third-order valence-electron chi connectivity index (χ3n) is 5.82. The molecule has 1 aromatic heterocycles. The zero-order valence-corrected chi connectivity index (χ0v) is 18.0. The molecule has 2 heterocycles. The topological polar surface area (TPSA) is 99.7 Å². The summed E-state index contributed by atoms with van der Waals surface area (Å²) >= 11 is 0. The minimum atomic E-state index is -0.203. The lowest BCUT2D eigenvalue weighted by Gasteiger charge is -2.14. The van der Waals surface area contributed by atoms with Gasteiger partial charge in [-0.2, -0.15) is 0 Å². The number of ketones is 2. The number of carbonyl (C=O) groups excluding carboxylic acids is 2. The first kappa shape index (κ1) is 19.9. The number of aromatic nitrogens is 2. The number of H-pyrrole nitrogens is 1. The molecule has 0 saturated heterocycles. The monoisotopic (exact) mass is 432 g/mol. The van der Waals surface area contributed by atoms with Crippen LogP contribution in [0.5, 0.6) is 23.0 Å². The number of hydrogen-bond donors (Lipinski definition) is 1. The number of allylic oxidation sites excluding steroid dienone is 2.